The molecule has 1 N–H and O–H groups in total. The molecule has 0 spiro atoms. The predicted molar refractivity (Wildman–Crippen MR) is 65.5 cm³/mol. The summed E-state index contributed by atoms with van der Waals surface area (Å²) in [6.07, 6.45) is -2.75. The SMILES string of the molecule is CC(C)(C)C1CN(C2(C(F)(F)F)CC2)CCCN1. The number of halogens is 3. The van der Waals surface area contributed by atoms with Crippen molar-refractivity contribution in [3.8, 4) is 0 Å². The lowest BCUT2D eigenvalue weighted by Gasteiger charge is -2.38. The van der Waals surface area contributed by atoms with Crippen LogP contribution in [0, 0.1) is 5.41 Å². The molecule has 1 heterocycles. The fourth-order valence-electron chi connectivity index (χ4n) is 2.79. The Bertz CT molecular complexity index is 302. The molecule has 2 aliphatic rings. The average Bonchev–Trinajstić information content (AvgIpc) is 3.00. The normalized spacial score (nSPS) is 30.0. The molecule has 1 saturated carbocycles. The van der Waals surface area contributed by atoms with Crippen molar-refractivity contribution in [3.63, 3.8) is 0 Å². The molecule has 2 rings (SSSR count). The van der Waals surface area contributed by atoms with Crippen LogP contribution in [0.4, 0.5) is 13.2 Å². The first-order valence-electron chi connectivity index (χ1n) is 6.72. The summed E-state index contributed by atoms with van der Waals surface area (Å²) in [6, 6.07) is 0.125. The molecule has 0 bridgehead atoms. The summed E-state index contributed by atoms with van der Waals surface area (Å²) in [4.78, 5) is 1.68. The monoisotopic (exact) mass is 264 g/mol. The van der Waals surface area contributed by atoms with Crippen LogP contribution in [0.5, 0.6) is 0 Å². The Morgan fingerprint density at radius 2 is 1.78 bits per heavy atom. The van der Waals surface area contributed by atoms with E-state index in [0.717, 1.165) is 13.0 Å². The van der Waals surface area contributed by atoms with E-state index in [1.807, 2.05) is 0 Å². The Morgan fingerprint density at radius 1 is 1.17 bits per heavy atom. The van der Waals surface area contributed by atoms with Crippen molar-refractivity contribution >= 4 is 0 Å². The number of alkyl halides is 3. The highest BCUT2D eigenvalue weighted by atomic mass is 19.4. The fraction of sp³-hybridized carbons (Fsp3) is 1.00. The molecule has 5 heteroatoms. The summed E-state index contributed by atoms with van der Waals surface area (Å²) < 4.78 is 39.5. The van der Waals surface area contributed by atoms with E-state index in [2.05, 4.69) is 26.1 Å². The van der Waals surface area contributed by atoms with E-state index in [-0.39, 0.29) is 24.3 Å². The van der Waals surface area contributed by atoms with Gasteiger partial charge in [-0.3, -0.25) is 4.90 Å². The van der Waals surface area contributed by atoms with Crippen molar-refractivity contribution in [1.82, 2.24) is 10.2 Å². The zero-order valence-corrected chi connectivity index (χ0v) is 11.4. The molecule has 1 aliphatic heterocycles. The first-order valence-corrected chi connectivity index (χ1v) is 6.72. The molecule has 0 amide bonds. The van der Waals surface area contributed by atoms with Gasteiger partial charge in [0.2, 0.25) is 0 Å². The number of rotatable bonds is 1. The fourth-order valence-corrected chi connectivity index (χ4v) is 2.79. The zero-order valence-electron chi connectivity index (χ0n) is 11.4. The standard InChI is InChI=1S/C13H23F3N2/c1-11(2,3)10-9-18(8-4-7-17-10)12(5-6-12)13(14,15)16/h10,17H,4-9H2,1-3H3. The Labute approximate surface area is 107 Å². The van der Waals surface area contributed by atoms with Gasteiger partial charge in [-0.15, -0.1) is 0 Å². The molecule has 1 atom stereocenters. The van der Waals surface area contributed by atoms with Crippen molar-refractivity contribution in [2.75, 3.05) is 19.6 Å². The van der Waals surface area contributed by atoms with Crippen LogP contribution in [0.25, 0.3) is 0 Å². The largest absolute Gasteiger partial charge is 0.406 e. The maximum Gasteiger partial charge on any atom is 0.406 e. The van der Waals surface area contributed by atoms with Gasteiger partial charge in [0.05, 0.1) is 0 Å². The zero-order chi connectivity index (χ0) is 13.6. The summed E-state index contributed by atoms with van der Waals surface area (Å²) in [6.45, 7) is 8.12. The second kappa shape index (κ2) is 4.37. The maximum atomic E-state index is 13.2. The van der Waals surface area contributed by atoms with E-state index in [1.54, 1.807) is 4.90 Å². The minimum absolute atomic E-state index is 0.00965. The molecule has 2 nitrogen and oxygen atoms in total. The van der Waals surface area contributed by atoms with Crippen LogP contribution in [0.15, 0.2) is 0 Å². The van der Waals surface area contributed by atoms with E-state index in [0.29, 0.717) is 13.1 Å². The molecular weight excluding hydrogens is 241 g/mol. The molecular formula is C13H23F3N2. The second-order valence-corrected chi connectivity index (χ2v) is 6.70. The van der Waals surface area contributed by atoms with Crippen molar-refractivity contribution in [2.45, 2.75) is 57.8 Å². The van der Waals surface area contributed by atoms with Gasteiger partial charge in [0.1, 0.15) is 5.54 Å². The number of hydrogen-bond donors (Lipinski definition) is 1. The average molecular weight is 264 g/mol. The quantitative estimate of drug-likeness (QED) is 0.783. The van der Waals surface area contributed by atoms with E-state index in [9.17, 15) is 13.2 Å². The third-order valence-electron chi connectivity index (χ3n) is 4.30. The summed E-state index contributed by atoms with van der Waals surface area (Å²) in [5.74, 6) is 0. The second-order valence-electron chi connectivity index (χ2n) is 6.70. The van der Waals surface area contributed by atoms with Crippen molar-refractivity contribution in [3.05, 3.63) is 0 Å². The first-order chi connectivity index (χ1) is 8.17. The Hall–Kier alpha value is -0.290. The van der Waals surface area contributed by atoms with Crippen LogP contribution in [0.3, 0.4) is 0 Å². The molecule has 106 valence electrons. The highest BCUT2D eigenvalue weighted by molar-refractivity contribution is 5.10. The van der Waals surface area contributed by atoms with E-state index >= 15 is 0 Å². The molecule has 2 fully saturated rings. The van der Waals surface area contributed by atoms with Crippen LogP contribution in [0.2, 0.25) is 0 Å². The van der Waals surface area contributed by atoms with E-state index in [1.165, 1.54) is 0 Å². The minimum atomic E-state index is -4.08. The molecule has 0 radical (unpaired) electrons. The first kappa shape index (κ1) is 14.1. The van der Waals surface area contributed by atoms with Crippen molar-refractivity contribution in [1.29, 1.82) is 0 Å². The summed E-state index contributed by atoms with van der Waals surface area (Å²) >= 11 is 0. The van der Waals surface area contributed by atoms with Gasteiger partial charge in [-0.1, -0.05) is 20.8 Å². The summed E-state index contributed by atoms with van der Waals surface area (Å²) in [5.41, 5.74) is -1.52. The molecule has 1 unspecified atom stereocenters. The van der Waals surface area contributed by atoms with Gasteiger partial charge in [-0.2, -0.15) is 13.2 Å². The topological polar surface area (TPSA) is 15.3 Å². The van der Waals surface area contributed by atoms with Gasteiger partial charge in [0.15, 0.2) is 0 Å². The molecule has 1 aliphatic carbocycles. The summed E-state index contributed by atoms with van der Waals surface area (Å²) in [5, 5.41) is 3.39. The lowest BCUT2D eigenvalue weighted by atomic mass is 9.86. The minimum Gasteiger partial charge on any atom is -0.312 e. The van der Waals surface area contributed by atoms with Crippen molar-refractivity contribution < 1.29 is 13.2 Å². The summed E-state index contributed by atoms with van der Waals surface area (Å²) in [7, 11) is 0. The molecule has 0 aromatic heterocycles. The Morgan fingerprint density at radius 3 is 2.22 bits per heavy atom. The van der Waals surface area contributed by atoms with Gasteiger partial charge >= 0.3 is 6.18 Å². The number of hydrogen-bond acceptors (Lipinski definition) is 2. The highest BCUT2D eigenvalue weighted by Gasteiger charge is 2.66. The number of nitrogens with zero attached hydrogens (tertiary/aromatic N) is 1. The molecule has 0 aromatic rings. The Kier molecular flexibility index (Phi) is 3.43. The Balaban J connectivity index is 2.14. The van der Waals surface area contributed by atoms with Crippen LogP contribution < -0.4 is 5.32 Å². The van der Waals surface area contributed by atoms with Gasteiger partial charge in [0, 0.05) is 19.1 Å². The molecule has 18 heavy (non-hydrogen) atoms. The van der Waals surface area contributed by atoms with Gasteiger partial charge in [0.25, 0.3) is 0 Å². The van der Waals surface area contributed by atoms with E-state index in [4.69, 9.17) is 0 Å². The lowest BCUT2D eigenvalue weighted by Crippen LogP contribution is -2.54. The van der Waals surface area contributed by atoms with E-state index < -0.39 is 11.7 Å². The van der Waals surface area contributed by atoms with Gasteiger partial charge in [-0.05, 0) is 31.2 Å². The maximum absolute atomic E-state index is 13.2. The predicted octanol–water partition coefficient (Wildman–Crippen LogP) is 2.79. The van der Waals surface area contributed by atoms with Crippen molar-refractivity contribution in [2.24, 2.45) is 5.41 Å². The molecule has 1 saturated heterocycles. The van der Waals surface area contributed by atoms with Crippen LogP contribution in [-0.4, -0.2) is 42.3 Å². The lowest BCUT2D eigenvalue weighted by molar-refractivity contribution is -0.197. The molecule has 0 aromatic carbocycles. The van der Waals surface area contributed by atoms with Gasteiger partial charge < -0.3 is 5.32 Å². The third-order valence-corrected chi connectivity index (χ3v) is 4.30. The van der Waals surface area contributed by atoms with Gasteiger partial charge in [-0.25, -0.2) is 0 Å². The van der Waals surface area contributed by atoms with Crippen LogP contribution >= 0.6 is 0 Å². The van der Waals surface area contributed by atoms with Crippen LogP contribution in [-0.2, 0) is 0 Å². The van der Waals surface area contributed by atoms with Crippen LogP contribution in [0.1, 0.15) is 40.0 Å². The third kappa shape index (κ3) is 2.52. The smallest absolute Gasteiger partial charge is 0.312 e. The highest BCUT2D eigenvalue weighted by Crippen LogP contribution is 2.54. The number of nitrogens with one attached hydrogen (secondary N) is 1.